The summed E-state index contributed by atoms with van der Waals surface area (Å²) < 4.78 is 0. The van der Waals surface area contributed by atoms with Crippen molar-refractivity contribution in [2.75, 3.05) is 0 Å². The molecule has 0 radical (unpaired) electrons. The van der Waals surface area contributed by atoms with E-state index in [0.717, 1.165) is 0 Å². The van der Waals surface area contributed by atoms with Gasteiger partial charge in [-0.3, -0.25) is 9.69 Å². The summed E-state index contributed by atoms with van der Waals surface area (Å²) in [7, 11) is 0. The largest absolute Gasteiger partial charge is 0.481 e. The van der Waals surface area contributed by atoms with E-state index in [9.17, 15) is 9.90 Å². The van der Waals surface area contributed by atoms with Gasteiger partial charge < -0.3 is 5.11 Å². The minimum atomic E-state index is -0.735. The van der Waals surface area contributed by atoms with Crippen LogP contribution < -0.4 is 0 Å². The molecule has 3 nitrogen and oxygen atoms in total. The van der Waals surface area contributed by atoms with E-state index in [1.54, 1.807) is 13.8 Å². The molecule has 0 fully saturated rings. The second-order valence-corrected chi connectivity index (χ2v) is 5.34. The average molecular weight is 215 g/mol. The fourth-order valence-corrected chi connectivity index (χ4v) is 2.04. The van der Waals surface area contributed by atoms with Crippen LogP contribution >= 0.6 is 0 Å². The van der Waals surface area contributed by atoms with Crippen molar-refractivity contribution in [2.45, 2.75) is 66.6 Å². The zero-order chi connectivity index (χ0) is 12.4. The molecular weight excluding hydrogens is 190 g/mol. The van der Waals surface area contributed by atoms with Crippen LogP contribution in [-0.4, -0.2) is 34.1 Å². The minimum absolute atomic E-state index is 0.0231. The van der Waals surface area contributed by atoms with Gasteiger partial charge in [-0.25, -0.2) is 0 Å². The zero-order valence-corrected chi connectivity index (χ0v) is 11.0. The number of carboxylic acid groups (broad SMARTS) is 1. The van der Waals surface area contributed by atoms with Crippen LogP contribution in [0.15, 0.2) is 0 Å². The fraction of sp³-hybridized carbons (Fsp3) is 0.917. The van der Waals surface area contributed by atoms with Gasteiger partial charge in [0.2, 0.25) is 0 Å². The standard InChI is InChI=1S/C12H25NO2/c1-8(2)13(9(3)4)10(5)12(6,7)11(14)15/h8-10H,1-7H3,(H,14,15). The van der Waals surface area contributed by atoms with Gasteiger partial charge in [0.1, 0.15) is 0 Å². The number of nitrogens with zero attached hydrogens (tertiary/aromatic N) is 1. The van der Waals surface area contributed by atoms with Crippen molar-refractivity contribution in [1.29, 1.82) is 0 Å². The van der Waals surface area contributed by atoms with Gasteiger partial charge in [0.25, 0.3) is 0 Å². The zero-order valence-electron chi connectivity index (χ0n) is 11.0. The van der Waals surface area contributed by atoms with Gasteiger partial charge in [-0.15, -0.1) is 0 Å². The Hall–Kier alpha value is -0.570. The summed E-state index contributed by atoms with van der Waals surface area (Å²) in [6, 6.07) is 0.743. The highest BCUT2D eigenvalue weighted by Gasteiger charge is 2.38. The third-order valence-electron chi connectivity index (χ3n) is 3.24. The molecule has 0 aliphatic rings. The summed E-state index contributed by atoms with van der Waals surface area (Å²) in [6.45, 7) is 14.0. The van der Waals surface area contributed by atoms with Crippen LogP contribution in [-0.2, 0) is 4.79 Å². The molecule has 1 N–H and O–H groups in total. The molecule has 0 aliphatic carbocycles. The fourth-order valence-electron chi connectivity index (χ4n) is 2.04. The predicted octanol–water partition coefficient (Wildman–Crippen LogP) is 2.60. The lowest BCUT2D eigenvalue weighted by atomic mass is 9.83. The topological polar surface area (TPSA) is 40.5 Å². The van der Waals surface area contributed by atoms with Crippen molar-refractivity contribution in [3.05, 3.63) is 0 Å². The van der Waals surface area contributed by atoms with E-state index in [1.165, 1.54) is 0 Å². The Morgan fingerprint density at radius 3 is 1.60 bits per heavy atom. The third kappa shape index (κ3) is 3.20. The molecule has 0 bridgehead atoms. The summed E-state index contributed by atoms with van der Waals surface area (Å²) in [4.78, 5) is 13.4. The van der Waals surface area contributed by atoms with Crippen molar-refractivity contribution in [1.82, 2.24) is 4.90 Å². The van der Waals surface area contributed by atoms with Crippen LogP contribution in [0.3, 0.4) is 0 Å². The van der Waals surface area contributed by atoms with E-state index >= 15 is 0 Å². The smallest absolute Gasteiger partial charge is 0.310 e. The maximum atomic E-state index is 11.2. The highest BCUT2D eigenvalue weighted by molar-refractivity contribution is 5.74. The van der Waals surface area contributed by atoms with Crippen LogP contribution in [0.5, 0.6) is 0 Å². The Bertz CT molecular complexity index is 214. The molecule has 3 heteroatoms. The van der Waals surface area contributed by atoms with E-state index < -0.39 is 11.4 Å². The number of hydrogen-bond donors (Lipinski definition) is 1. The summed E-state index contributed by atoms with van der Waals surface area (Å²) in [6.07, 6.45) is 0. The third-order valence-corrected chi connectivity index (χ3v) is 3.24. The minimum Gasteiger partial charge on any atom is -0.481 e. The monoisotopic (exact) mass is 215 g/mol. The maximum Gasteiger partial charge on any atom is 0.310 e. The molecule has 0 saturated heterocycles. The first-order valence-corrected chi connectivity index (χ1v) is 5.63. The van der Waals surface area contributed by atoms with E-state index in [1.807, 2.05) is 6.92 Å². The Labute approximate surface area is 93.5 Å². The van der Waals surface area contributed by atoms with Crippen LogP contribution in [0.2, 0.25) is 0 Å². The average Bonchev–Trinajstić information content (AvgIpc) is 2.01. The molecule has 0 rings (SSSR count). The molecule has 1 unspecified atom stereocenters. The number of hydrogen-bond acceptors (Lipinski definition) is 2. The van der Waals surface area contributed by atoms with Gasteiger partial charge >= 0.3 is 5.97 Å². The first-order valence-electron chi connectivity index (χ1n) is 5.63. The van der Waals surface area contributed by atoms with E-state index in [4.69, 9.17) is 0 Å². The van der Waals surface area contributed by atoms with Crippen molar-refractivity contribution >= 4 is 5.97 Å². The summed E-state index contributed by atoms with van der Waals surface area (Å²) in [5, 5.41) is 9.20. The Morgan fingerprint density at radius 2 is 1.40 bits per heavy atom. The SMILES string of the molecule is CC(C)N(C(C)C)C(C)C(C)(C)C(=O)O. The molecule has 0 spiro atoms. The van der Waals surface area contributed by atoms with Crippen molar-refractivity contribution in [3.63, 3.8) is 0 Å². The van der Waals surface area contributed by atoms with Crippen LogP contribution in [0.4, 0.5) is 0 Å². The lowest BCUT2D eigenvalue weighted by molar-refractivity contribution is -0.151. The first kappa shape index (κ1) is 14.4. The second-order valence-electron chi connectivity index (χ2n) is 5.34. The molecule has 0 aromatic carbocycles. The summed E-state index contributed by atoms with van der Waals surface area (Å²) in [5.41, 5.74) is -0.714. The first-order chi connectivity index (χ1) is 6.62. The molecule has 0 aromatic heterocycles. The molecule has 0 heterocycles. The van der Waals surface area contributed by atoms with Gasteiger partial charge in [-0.2, -0.15) is 0 Å². The molecule has 0 amide bonds. The number of rotatable bonds is 5. The van der Waals surface area contributed by atoms with Gasteiger partial charge in [0, 0.05) is 18.1 Å². The molecule has 0 aliphatic heterocycles. The number of carbonyl (C=O) groups is 1. The number of carboxylic acids is 1. The summed E-state index contributed by atoms with van der Waals surface area (Å²) in [5.74, 6) is -0.735. The molecule has 0 saturated carbocycles. The Kier molecular flexibility index (Phi) is 4.78. The van der Waals surface area contributed by atoms with Crippen molar-refractivity contribution in [2.24, 2.45) is 5.41 Å². The van der Waals surface area contributed by atoms with Gasteiger partial charge in [-0.05, 0) is 48.5 Å². The Balaban J connectivity index is 4.94. The lowest BCUT2D eigenvalue weighted by Gasteiger charge is -2.42. The quantitative estimate of drug-likeness (QED) is 0.766. The second kappa shape index (κ2) is 4.97. The number of aliphatic carboxylic acids is 1. The van der Waals surface area contributed by atoms with Gasteiger partial charge in [0.05, 0.1) is 5.41 Å². The Morgan fingerprint density at radius 1 is 1.07 bits per heavy atom. The molecule has 15 heavy (non-hydrogen) atoms. The van der Waals surface area contributed by atoms with Gasteiger partial charge in [-0.1, -0.05) is 0 Å². The van der Waals surface area contributed by atoms with Crippen LogP contribution in [0.25, 0.3) is 0 Å². The lowest BCUT2D eigenvalue weighted by Crippen LogP contribution is -2.52. The van der Waals surface area contributed by atoms with Gasteiger partial charge in [0.15, 0.2) is 0 Å². The van der Waals surface area contributed by atoms with Crippen LogP contribution in [0.1, 0.15) is 48.5 Å². The van der Waals surface area contributed by atoms with Crippen molar-refractivity contribution < 1.29 is 9.90 Å². The van der Waals surface area contributed by atoms with Crippen LogP contribution in [0, 0.1) is 5.41 Å². The highest BCUT2D eigenvalue weighted by atomic mass is 16.4. The van der Waals surface area contributed by atoms with Crippen molar-refractivity contribution in [3.8, 4) is 0 Å². The molecule has 1 atom stereocenters. The maximum absolute atomic E-state index is 11.2. The summed E-state index contributed by atoms with van der Waals surface area (Å²) >= 11 is 0. The molecule has 90 valence electrons. The highest BCUT2D eigenvalue weighted by Crippen LogP contribution is 2.28. The van der Waals surface area contributed by atoms with E-state index in [0.29, 0.717) is 12.1 Å². The normalized spacial score (nSPS) is 15.1. The molecular formula is C12H25NO2. The van der Waals surface area contributed by atoms with E-state index in [-0.39, 0.29) is 6.04 Å². The van der Waals surface area contributed by atoms with E-state index in [2.05, 4.69) is 32.6 Å². The molecule has 0 aromatic rings. The predicted molar refractivity (Wildman–Crippen MR) is 63.0 cm³/mol.